The average Bonchev–Trinajstić information content (AvgIpc) is 2.15. The third-order valence-corrected chi connectivity index (χ3v) is 2.62. The fraction of sp³-hybridized carbons (Fsp3) is 0. The molecule has 0 saturated heterocycles. The first kappa shape index (κ1) is 11.4. The molecule has 7 nitrogen and oxygen atoms in total. The highest BCUT2D eigenvalue weighted by Crippen LogP contribution is 2.18. The Morgan fingerprint density at radius 3 is 2.40 bits per heavy atom. The van der Waals surface area contributed by atoms with Gasteiger partial charge in [0.15, 0.2) is 0 Å². The van der Waals surface area contributed by atoms with Crippen molar-refractivity contribution in [2.75, 3.05) is 5.43 Å². The van der Waals surface area contributed by atoms with Crippen molar-refractivity contribution >= 4 is 21.7 Å². The smallest absolute Gasteiger partial charge is 0.337 e. The zero-order valence-corrected chi connectivity index (χ0v) is 8.28. The number of carboxylic acids is 1. The van der Waals surface area contributed by atoms with Crippen molar-refractivity contribution in [3.63, 3.8) is 0 Å². The molecule has 0 heterocycles. The van der Waals surface area contributed by atoms with Gasteiger partial charge < -0.3 is 10.5 Å². The monoisotopic (exact) mass is 231 g/mol. The van der Waals surface area contributed by atoms with E-state index in [-0.39, 0.29) is 16.1 Å². The van der Waals surface area contributed by atoms with E-state index in [0.29, 0.717) is 0 Å². The molecule has 0 bridgehead atoms. The Balaban J connectivity index is 3.42. The zero-order valence-electron chi connectivity index (χ0n) is 7.47. The number of benzene rings is 1. The van der Waals surface area contributed by atoms with E-state index in [1.807, 2.05) is 0 Å². The van der Waals surface area contributed by atoms with Gasteiger partial charge in [-0.25, -0.2) is 18.4 Å². The van der Waals surface area contributed by atoms with E-state index in [1.165, 1.54) is 6.07 Å². The Bertz CT molecular complexity index is 497. The summed E-state index contributed by atoms with van der Waals surface area (Å²) < 4.78 is 21.9. The molecule has 0 spiro atoms. The molecule has 1 rings (SSSR count). The van der Waals surface area contributed by atoms with Crippen LogP contribution < -0.4 is 16.4 Å². The van der Waals surface area contributed by atoms with Crippen LogP contribution in [0.5, 0.6) is 0 Å². The molecule has 0 unspecified atom stereocenters. The van der Waals surface area contributed by atoms with Crippen molar-refractivity contribution in [3.05, 3.63) is 23.8 Å². The Hall–Kier alpha value is -1.64. The number of hydrogen-bond donors (Lipinski definition) is 4. The predicted octanol–water partition coefficient (Wildman–Crippen LogP) is -0.682. The van der Waals surface area contributed by atoms with Gasteiger partial charge in [-0.05, 0) is 18.2 Å². The van der Waals surface area contributed by atoms with E-state index in [0.717, 1.165) is 12.1 Å². The summed E-state index contributed by atoms with van der Waals surface area (Å²) in [5.41, 5.74) is 1.99. The molecule has 8 heteroatoms. The summed E-state index contributed by atoms with van der Waals surface area (Å²) in [7, 11) is -3.92. The van der Waals surface area contributed by atoms with Gasteiger partial charge >= 0.3 is 5.97 Å². The van der Waals surface area contributed by atoms with Gasteiger partial charge in [-0.15, -0.1) is 0 Å². The minimum atomic E-state index is -3.92. The van der Waals surface area contributed by atoms with Gasteiger partial charge in [0.2, 0.25) is 10.0 Å². The van der Waals surface area contributed by atoms with Crippen molar-refractivity contribution in [2.24, 2.45) is 11.0 Å². The van der Waals surface area contributed by atoms with Crippen LogP contribution in [-0.2, 0) is 10.0 Å². The summed E-state index contributed by atoms with van der Waals surface area (Å²) in [6, 6.07) is 3.33. The molecular weight excluding hydrogens is 222 g/mol. The van der Waals surface area contributed by atoms with Crippen LogP contribution in [0.4, 0.5) is 5.69 Å². The van der Waals surface area contributed by atoms with Crippen LogP contribution in [0.15, 0.2) is 23.1 Å². The number of rotatable bonds is 3. The van der Waals surface area contributed by atoms with Crippen LogP contribution in [-0.4, -0.2) is 19.5 Å². The van der Waals surface area contributed by atoms with Crippen LogP contribution in [0.1, 0.15) is 10.4 Å². The molecule has 0 aromatic heterocycles. The normalized spacial score (nSPS) is 11.1. The number of hydrazine groups is 1. The Kier molecular flexibility index (Phi) is 2.93. The van der Waals surface area contributed by atoms with Gasteiger partial charge in [0.25, 0.3) is 0 Å². The SMILES string of the molecule is NNc1ccc(S(N)(=O)=O)cc1C(=O)O. The molecule has 0 aliphatic rings. The quantitative estimate of drug-likeness (QED) is 0.402. The maximum atomic E-state index is 10.9. The highest BCUT2D eigenvalue weighted by Gasteiger charge is 2.15. The summed E-state index contributed by atoms with van der Waals surface area (Å²) in [6.07, 6.45) is 0. The number of carbonyl (C=O) groups is 1. The lowest BCUT2D eigenvalue weighted by Gasteiger charge is -2.06. The number of nitrogens with one attached hydrogen (secondary N) is 1. The van der Waals surface area contributed by atoms with E-state index in [4.69, 9.17) is 16.1 Å². The summed E-state index contributed by atoms with van der Waals surface area (Å²) >= 11 is 0. The maximum Gasteiger partial charge on any atom is 0.337 e. The molecular formula is C7H9N3O4S. The molecule has 0 aliphatic carbocycles. The van der Waals surface area contributed by atoms with Crippen LogP contribution >= 0.6 is 0 Å². The van der Waals surface area contributed by atoms with E-state index in [2.05, 4.69) is 5.43 Å². The number of sulfonamides is 1. The summed E-state index contributed by atoms with van der Waals surface area (Å²) in [4.78, 5) is 10.4. The van der Waals surface area contributed by atoms with Gasteiger partial charge in [-0.1, -0.05) is 0 Å². The molecule has 0 fully saturated rings. The van der Waals surface area contributed by atoms with Crippen molar-refractivity contribution in [2.45, 2.75) is 4.90 Å². The molecule has 0 atom stereocenters. The van der Waals surface area contributed by atoms with Gasteiger partial charge in [-0.3, -0.25) is 5.84 Å². The van der Waals surface area contributed by atoms with Crippen LogP contribution in [0.2, 0.25) is 0 Å². The van der Waals surface area contributed by atoms with Crippen LogP contribution in [0, 0.1) is 0 Å². The molecule has 15 heavy (non-hydrogen) atoms. The number of aromatic carboxylic acids is 1. The molecule has 0 aliphatic heterocycles. The number of carboxylic acid groups (broad SMARTS) is 1. The number of nitrogen functional groups attached to an aromatic ring is 1. The predicted molar refractivity (Wildman–Crippen MR) is 52.6 cm³/mol. The maximum absolute atomic E-state index is 10.9. The Morgan fingerprint density at radius 1 is 1.40 bits per heavy atom. The lowest BCUT2D eigenvalue weighted by atomic mass is 10.2. The number of hydrogen-bond acceptors (Lipinski definition) is 5. The summed E-state index contributed by atoms with van der Waals surface area (Å²) in [5, 5.41) is 13.6. The van der Waals surface area contributed by atoms with Crippen molar-refractivity contribution in [3.8, 4) is 0 Å². The zero-order chi connectivity index (χ0) is 11.6. The molecule has 0 radical (unpaired) electrons. The minimum Gasteiger partial charge on any atom is -0.478 e. The summed E-state index contributed by atoms with van der Waals surface area (Å²) in [6.45, 7) is 0. The first-order valence-corrected chi connectivity index (χ1v) is 5.27. The third kappa shape index (κ3) is 2.43. The Labute approximate surface area is 85.7 Å². The standard InChI is InChI=1S/C7H9N3O4S/c8-10-6-2-1-4(15(9,13)14)3-5(6)7(11)12/h1-3,10H,8H2,(H,11,12)(H2,9,13,14). The molecule has 1 aromatic carbocycles. The summed E-state index contributed by atoms with van der Waals surface area (Å²) in [5.74, 6) is 3.76. The van der Waals surface area contributed by atoms with Gasteiger partial charge in [0.1, 0.15) is 0 Å². The van der Waals surface area contributed by atoms with Crippen LogP contribution in [0.25, 0.3) is 0 Å². The van der Waals surface area contributed by atoms with Gasteiger partial charge in [0.05, 0.1) is 16.1 Å². The second-order valence-corrected chi connectivity index (χ2v) is 4.26. The molecule has 0 saturated carbocycles. The second-order valence-electron chi connectivity index (χ2n) is 2.70. The first-order valence-electron chi connectivity index (χ1n) is 3.73. The first-order chi connectivity index (χ1) is 6.86. The van der Waals surface area contributed by atoms with E-state index in [9.17, 15) is 13.2 Å². The highest BCUT2D eigenvalue weighted by molar-refractivity contribution is 7.89. The van der Waals surface area contributed by atoms with E-state index >= 15 is 0 Å². The third-order valence-electron chi connectivity index (χ3n) is 1.71. The average molecular weight is 231 g/mol. The molecule has 6 N–H and O–H groups in total. The topological polar surface area (TPSA) is 136 Å². The van der Waals surface area contributed by atoms with Crippen molar-refractivity contribution in [1.29, 1.82) is 0 Å². The fourth-order valence-corrected chi connectivity index (χ4v) is 1.54. The van der Waals surface area contributed by atoms with E-state index in [1.54, 1.807) is 0 Å². The van der Waals surface area contributed by atoms with Gasteiger partial charge in [-0.2, -0.15) is 0 Å². The second kappa shape index (κ2) is 3.85. The lowest BCUT2D eigenvalue weighted by molar-refractivity contribution is 0.0697. The van der Waals surface area contributed by atoms with Crippen molar-refractivity contribution in [1.82, 2.24) is 0 Å². The highest BCUT2D eigenvalue weighted by atomic mass is 32.2. The van der Waals surface area contributed by atoms with Crippen molar-refractivity contribution < 1.29 is 18.3 Å². The van der Waals surface area contributed by atoms with Crippen LogP contribution in [0.3, 0.4) is 0 Å². The Morgan fingerprint density at radius 2 is 2.00 bits per heavy atom. The molecule has 82 valence electrons. The number of primary sulfonamides is 1. The lowest BCUT2D eigenvalue weighted by Crippen LogP contribution is -2.16. The molecule has 0 amide bonds. The van der Waals surface area contributed by atoms with E-state index < -0.39 is 16.0 Å². The fourth-order valence-electron chi connectivity index (χ4n) is 1.00. The number of anilines is 1. The molecule has 1 aromatic rings. The van der Waals surface area contributed by atoms with Gasteiger partial charge in [0, 0.05) is 0 Å². The minimum absolute atomic E-state index is 0.106. The largest absolute Gasteiger partial charge is 0.478 e. The number of nitrogens with two attached hydrogens (primary N) is 2.